The molecule has 0 unspecified atom stereocenters. The predicted molar refractivity (Wildman–Crippen MR) is 145 cm³/mol. The Morgan fingerprint density at radius 1 is 0.900 bits per heavy atom. The molecule has 0 spiro atoms. The van der Waals surface area contributed by atoms with Crippen LogP contribution in [0.4, 0.5) is 30.2 Å². The molecule has 3 aromatic carbocycles. The zero-order valence-electron chi connectivity index (χ0n) is 21.0. The van der Waals surface area contributed by atoms with Gasteiger partial charge in [-0.15, -0.1) is 0 Å². The second kappa shape index (κ2) is 12.5. The molecule has 0 radical (unpaired) electrons. The average molecular weight is 600 g/mol. The van der Waals surface area contributed by atoms with Crippen molar-refractivity contribution in [2.24, 2.45) is 0 Å². The van der Waals surface area contributed by atoms with E-state index in [2.05, 4.69) is 14.5 Å². The summed E-state index contributed by atoms with van der Waals surface area (Å²) >= 11 is 6.12. The van der Waals surface area contributed by atoms with E-state index in [-0.39, 0.29) is 16.1 Å². The maximum absolute atomic E-state index is 13.0. The number of anilines is 3. The Morgan fingerprint density at radius 2 is 1.48 bits per heavy atom. The summed E-state index contributed by atoms with van der Waals surface area (Å²) < 4.78 is 60.3. The first-order valence-corrected chi connectivity index (χ1v) is 13.6. The van der Waals surface area contributed by atoms with Gasteiger partial charge in [0.1, 0.15) is 0 Å². The third kappa shape index (κ3) is 8.02. The molecule has 4 rings (SSSR count). The van der Waals surface area contributed by atoms with E-state index in [9.17, 15) is 31.5 Å². The monoisotopic (exact) mass is 599 g/mol. The quantitative estimate of drug-likeness (QED) is 0.357. The van der Waals surface area contributed by atoms with Crippen LogP contribution in [0.25, 0.3) is 0 Å². The molecule has 0 aromatic heterocycles. The van der Waals surface area contributed by atoms with Crippen LogP contribution in [0.2, 0.25) is 5.02 Å². The van der Waals surface area contributed by atoms with Crippen molar-refractivity contribution in [1.82, 2.24) is 0 Å². The molecule has 1 aliphatic rings. The van der Waals surface area contributed by atoms with E-state index in [1.165, 1.54) is 24.3 Å². The molecule has 1 fully saturated rings. The Bertz CT molecular complexity index is 1480. The van der Waals surface area contributed by atoms with Crippen molar-refractivity contribution >= 4 is 50.6 Å². The van der Waals surface area contributed by atoms with E-state index in [1.807, 2.05) is 31.2 Å². The number of hydrogen-bond acceptors (Lipinski definition) is 6. The molecule has 1 aliphatic heterocycles. The molecule has 0 bridgehead atoms. The molecule has 3 N–H and O–H groups in total. The zero-order valence-corrected chi connectivity index (χ0v) is 22.6. The van der Waals surface area contributed by atoms with Crippen molar-refractivity contribution in [2.75, 3.05) is 40.7 Å². The van der Waals surface area contributed by atoms with Crippen molar-refractivity contribution in [3.8, 4) is 0 Å². The van der Waals surface area contributed by atoms with Gasteiger partial charge in [0.15, 0.2) is 0 Å². The first-order chi connectivity index (χ1) is 18.7. The number of aliphatic carboxylic acids is 1. The first-order valence-electron chi connectivity index (χ1n) is 11.7. The van der Waals surface area contributed by atoms with Gasteiger partial charge in [-0.05, 0) is 55.5 Å². The minimum absolute atomic E-state index is 0.0120. The van der Waals surface area contributed by atoms with Crippen LogP contribution in [-0.2, 0) is 14.8 Å². The average Bonchev–Trinajstić information content (AvgIpc) is 2.88. The lowest BCUT2D eigenvalue weighted by molar-refractivity contribution is -0.192. The van der Waals surface area contributed by atoms with Gasteiger partial charge in [0, 0.05) is 36.9 Å². The molecule has 14 heteroatoms. The number of aryl methyl sites for hydroxylation is 1. The highest BCUT2D eigenvalue weighted by Gasteiger charge is 2.38. The van der Waals surface area contributed by atoms with Gasteiger partial charge < -0.3 is 20.0 Å². The van der Waals surface area contributed by atoms with E-state index >= 15 is 0 Å². The summed E-state index contributed by atoms with van der Waals surface area (Å²) in [4.78, 5) is 24.8. The summed E-state index contributed by atoms with van der Waals surface area (Å²) in [5.74, 6) is -3.88. The summed E-state index contributed by atoms with van der Waals surface area (Å²) in [6.45, 7) is 4.58. The fraction of sp³-hybridized carbons (Fsp3) is 0.231. The largest absolute Gasteiger partial charge is 0.490 e. The molecular formula is C26H25ClF3N3O6S. The number of nitrogens with one attached hydrogen (secondary N) is 1. The van der Waals surface area contributed by atoms with E-state index in [0.29, 0.717) is 36.9 Å². The molecule has 40 heavy (non-hydrogen) atoms. The normalized spacial score (nSPS) is 13.7. The minimum Gasteiger partial charge on any atom is -0.478 e. The number of aromatic carboxylic acids is 1. The van der Waals surface area contributed by atoms with E-state index in [4.69, 9.17) is 21.5 Å². The maximum atomic E-state index is 13.0. The van der Waals surface area contributed by atoms with Gasteiger partial charge in [0.25, 0.3) is 10.0 Å². The predicted octanol–water partition coefficient (Wildman–Crippen LogP) is 5.11. The van der Waals surface area contributed by atoms with Gasteiger partial charge in [0.05, 0.1) is 21.8 Å². The fourth-order valence-electron chi connectivity index (χ4n) is 3.83. The van der Waals surface area contributed by atoms with Crippen LogP contribution >= 0.6 is 11.6 Å². The SMILES string of the molecule is Cc1ccc(S(=O)(=O)Nc2cc(C(=O)O)ccc2N2CCN(c3cccc(Cl)c3)CC2)cc1.O=C(O)C(F)(F)F. The number of alkyl halides is 3. The second-order valence-corrected chi connectivity index (χ2v) is 10.8. The van der Waals surface area contributed by atoms with Crippen LogP contribution in [0.1, 0.15) is 15.9 Å². The van der Waals surface area contributed by atoms with Crippen LogP contribution in [0.3, 0.4) is 0 Å². The highest BCUT2D eigenvalue weighted by Crippen LogP contribution is 2.31. The number of carbonyl (C=O) groups is 2. The first kappa shape index (κ1) is 30.6. The van der Waals surface area contributed by atoms with Gasteiger partial charge in [-0.1, -0.05) is 35.4 Å². The molecule has 1 saturated heterocycles. The Morgan fingerprint density at radius 3 is 2.00 bits per heavy atom. The Labute approximate surface area is 233 Å². The topological polar surface area (TPSA) is 127 Å². The summed E-state index contributed by atoms with van der Waals surface area (Å²) in [7, 11) is -3.89. The number of rotatable bonds is 6. The molecule has 0 atom stereocenters. The smallest absolute Gasteiger partial charge is 0.478 e. The molecule has 9 nitrogen and oxygen atoms in total. The zero-order chi connectivity index (χ0) is 29.7. The standard InChI is InChI=1S/C24H24ClN3O4S.C2HF3O2/c1-17-5-8-21(9-6-17)33(31,32)26-22-15-18(24(29)30)7-10-23(22)28-13-11-27(12-14-28)20-4-2-3-19(25)16-20;3-2(4,5)1(6)7/h2-10,15-16,26H,11-14H2,1H3,(H,29,30);(H,6,7). The Hall–Kier alpha value is -3.97. The van der Waals surface area contributed by atoms with Crippen molar-refractivity contribution in [1.29, 1.82) is 0 Å². The summed E-state index contributed by atoms with van der Waals surface area (Å²) in [5.41, 5.74) is 2.87. The number of piperazine rings is 1. The van der Waals surface area contributed by atoms with Gasteiger partial charge >= 0.3 is 18.1 Å². The van der Waals surface area contributed by atoms with Crippen LogP contribution in [0.15, 0.2) is 71.6 Å². The lowest BCUT2D eigenvalue weighted by atomic mass is 10.1. The lowest BCUT2D eigenvalue weighted by Gasteiger charge is -2.38. The van der Waals surface area contributed by atoms with Gasteiger partial charge in [-0.2, -0.15) is 13.2 Å². The van der Waals surface area contributed by atoms with Crippen molar-refractivity contribution < 1.29 is 41.4 Å². The number of benzene rings is 3. The van der Waals surface area contributed by atoms with E-state index in [0.717, 1.165) is 11.3 Å². The van der Waals surface area contributed by atoms with Crippen LogP contribution in [-0.4, -0.2) is 62.9 Å². The molecule has 214 valence electrons. The summed E-state index contributed by atoms with van der Waals surface area (Å²) in [6.07, 6.45) is -5.08. The Kier molecular flexibility index (Phi) is 9.53. The third-order valence-corrected chi connectivity index (χ3v) is 7.47. The molecule has 0 aliphatic carbocycles. The summed E-state index contributed by atoms with van der Waals surface area (Å²) in [5, 5.41) is 17.2. The number of hydrogen-bond donors (Lipinski definition) is 3. The van der Waals surface area contributed by atoms with Crippen LogP contribution in [0, 0.1) is 6.92 Å². The highest BCUT2D eigenvalue weighted by atomic mass is 35.5. The minimum atomic E-state index is -5.08. The lowest BCUT2D eigenvalue weighted by Crippen LogP contribution is -2.46. The fourth-order valence-corrected chi connectivity index (χ4v) is 5.08. The number of carboxylic acids is 2. The van der Waals surface area contributed by atoms with Crippen molar-refractivity contribution in [2.45, 2.75) is 18.0 Å². The van der Waals surface area contributed by atoms with E-state index in [1.54, 1.807) is 18.2 Å². The Balaban J connectivity index is 0.000000559. The second-order valence-electron chi connectivity index (χ2n) is 8.71. The molecular weight excluding hydrogens is 575 g/mol. The molecule has 3 aromatic rings. The number of halogens is 4. The molecule has 0 saturated carbocycles. The number of carboxylic acid groups (broad SMARTS) is 2. The number of sulfonamides is 1. The maximum Gasteiger partial charge on any atom is 0.490 e. The van der Waals surface area contributed by atoms with Crippen LogP contribution in [0.5, 0.6) is 0 Å². The molecule has 0 amide bonds. The van der Waals surface area contributed by atoms with Crippen molar-refractivity contribution in [3.63, 3.8) is 0 Å². The van der Waals surface area contributed by atoms with Gasteiger partial charge in [0.2, 0.25) is 0 Å². The summed E-state index contributed by atoms with van der Waals surface area (Å²) in [6, 6.07) is 18.7. The molecule has 1 heterocycles. The van der Waals surface area contributed by atoms with Gasteiger partial charge in [-0.25, -0.2) is 18.0 Å². The van der Waals surface area contributed by atoms with E-state index < -0.39 is 28.1 Å². The van der Waals surface area contributed by atoms with Gasteiger partial charge in [-0.3, -0.25) is 4.72 Å². The van der Waals surface area contributed by atoms with Crippen LogP contribution < -0.4 is 14.5 Å². The highest BCUT2D eigenvalue weighted by molar-refractivity contribution is 7.92. The number of nitrogens with zero attached hydrogens (tertiary/aromatic N) is 2. The third-order valence-electron chi connectivity index (χ3n) is 5.86. The van der Waals surface area contributed by atoms with Crippen molar-refractivity contribution in [3.05, 3.63) is 82.9 Å².